The highest BCUT2D eigenvalue weighted by atomic mass is 35.5. The largest absolute Gasteiger partial charge is 0.506 e. The molecule has 0 aliphatic carbocycles. The number of phenolic OH excluding ortho intramolecular Hbond substituents is 1. The molecule has 0 saturated heterocycles. The molecule has 3 rings (SSSR count). The molecule has 0 aliphatic rings. The van der Waals surface area contributed by atoms with Crippen LogP contribution in [0.4, 0.5) is 0 Å². The zero-order valence-corrected chi connectivity index (χ0v) is 13.1. The number of aromatic nitrogens is 1. The van der Waals surface area contributed by atoms with Crippen molar-refractivity contribution in [2.45, 2.75) is 20.5 Å². The number of nitrogens with zero attached hydrogens (tertiary/aromatic N) is 1. The van der Waals surface area contributed by atoms with E-state index in [1.807, 2.05) is 38.1 Å². The van der Waals surface area contributed by atoms with Crippen molar-refractivity contribution in [2.24, 2.45) is 0 Å². The van der Waals surface area contributed by atoms with Crippen LogP contribution in [-0.4, -0.2) is 15.2 Å². The van der Waals surface area contributed by atoms with E-state index < -0.39 is 0 Å². The molecular weight excluding hydrogens is 298 g/mol. The van der Waals surface area contributed by atoms with Gasteiger partial charge in [-0.2, -0.15) is 0 Å². The molecule has 1 aromatic heterocycles. The molecule has 3 nitrogen and oxygen atoms in total. The molecule has 112 valence electrons. The van der Waals surface area contributed by atoms with Crippen molar-refractivity contribution in [3.05, 3.63) is 58.1 Å². The average Bonchev–Trinajstić information content (AvgIpc) is 2.49. The van der Waals surface area contributed by atoms with Crippen LogP contribution in [0.25, 0.3) is 22.2 Å². The fraction of sp³-hybridized carbons (Fsp3) is 0.167. The summed E-state index contributed by atoms with van der Waals surface area (Å²) in [6.07, 6.45) is 0. The number of aromatic hydroxyl groups is 1. The summed E-state index contributed by atoms with van der Waals surface area (Å²) in [5.74, 6) is 0.0464. The van der Waals surface area contributed by atoms with E-state index in [9.17, 15) is 10.2 Å². The van der Waals surface area contributed by atoms with Crippen LogP contribution in [0.3, 0.4) is 0 Å². The SMILES string of the molecule is Cc1ccc2cc(CO)c(-c3cc(Cl)c(O)cc3C)nc2c1. The third-order valence-electron chi connectivity index (χ3n) is 3.77. The Labute approximate surface area is 133 Å². The second kappa shape index (κ2) is 5.59. The third kappa shape index (κ3) is 2.54. The third-order valence-corrected chi connectivity index (χ3v) is 4.07. The minimum atomic E-state index is -0.107. The number of aryl methyl sites for hydroxylation is 2. The van der Waals surface area contributed by atoms with Crippen LogP contribution in [-0.2, 0) is 6.61 Å². The lowest BCUT2D eigenvalue weighted by Gasteiger charge is -2.13. The van der Waals surface area contributed by atoms with Crippen LogP contribution in [0.5, 0.6) is 5.75 Å². The van der Waals surface area contributed by atoms with Gasteiger partial charge < -0.3 is 10.2 Å². The highest BCUT2D eigenvalue weighted by Crippen LogP contribution is 2.34. The van der Waals surface area contributed by atoms with E-state index in [4.69, 9.17) is 16.6 Å². The van der Waals surface area contributed by atoms with Gasteiger partial charge in [0, 0.05) is 16.5 Å². The molecule has 2 aromatic carbocycles. The molecule has 2 N–H and O–H groups in total. The summed E-state index contributed by atoms with van der Waals surface area (Å²) in [6, 6.07) is 11.3. The minimum Gasteiger partial charge on any atom is -0.506 e. The number of hydrogen-bond acceptors (Lipinski definition) is 3. The molecule has 0 amide bonds. The molecule has 0 radical (unpaired) electrons. The molecule has 0 aliphatic heterocycles. The number of halogens is 1. The van der Waals surface area contributed by atoms with Gasteiger partial charge in [-0.3, -0.25) is 0 Å². The van der Waals surface area contributed by atoms with Gasteiger partial charge >= 0.3 is 0 Å². The second-order valence-corrected chi connectivity index (χ2v) is 5.88. The molecule has 22 heavy (non-hydrogen) atoms. The van der Waals surface area contributed by atoms with Gasteiger partial charge in [-0.25, -0.2) is 4.98 Å². The summed E-state index contributed by atoms with van der Waals surface area (Å²) in [7, 11) is 0. The molecule has 0 atom stereocenters. The Kier molecular flexibility index (Phi) is 3.77. The number of aliphatic hydroxyl groups excluding tert-OH is 1. The van der Waals surface area contributed by atoms with E-state index in [0.29, 0.717) is 5.69 Å². The lowest BCUT2D eigenvalue weighted by atomic mass is 9.99. The quantitative estimate of drug-likeness (QED) is 0.738. The first-order valence-electron chi connectivity index (χ1n) is 7.00. The van der Waals surface area contributed by atoms with E-state index in [1.54, 1.807) is 12.1 Å². The maximum atomic E-state index is 9.70. The van der Waals surface area contributed by atoms with Crippen molar-refractivity contribution in [3.8, 4) is 17.0 Å². The first-order valence-corrected chi connectivity index (χ1v) is 7.38. The van der Waals surface area contributed by atoms with E-state index in [2.05, 4.69) is 0 Å². The van der Waals surface area contributed by atoms with Gasteiger partial charge in [0.2, 0.25) is 0 Å². The van der Waals surface area contributed by atoms with Gasteiger partial charge in [-0.15, -0.1) is 0 Å². The van der Waals surface area contributed by atoms with E-state index in [0.717, 1.165) is 33.2 Å². The summed E-state index contributed by atoms with van der Waals surface area (Å²) in [5.41, 5.74) is 5.10. The number of phenols is 1. The maximum absolute atomic E-state index is 9.70. The Morgan fingerprint density at radius 1 is 1.09 bits per heavy atom. The Morgan fingerprint density at radius 2 is 1.86 bits per heavy atom. The van der Waals surface area contributed by atoms with Crippen LogP contribution < -0.4 is 0 Å². The predicted molar refractivity (Wildman–Crippen MR) is 89.3 cm³/mol. The van der Waals surface area contributed by atoms with Gasteiger partial charge in [0.05, 0.1) is 22.8 Å². The lowest BCUT2D eigenvalue weighted by molar-refractivity contribution is 0.282. The van der Waals surface area contributed by atoms with Crippen LogP contribution in [0.2, 0.25) is 5.02 Å². The van der Waals surface area contributed by atoms with Crippen molar-refractivity contribution in [2.75, 3.05) is 0 Å². The number of aliphatic hydroxyl groups is 1. The zero-order valence-electron chi connectivity index (χ0n) is 12.4. The molecule has 0 unspecified atom stereocenters. The van der Waals surface area contributed by atoms with Gasteiger partial charge in [-0.1, -0.05) is 23.7 Å². The fourth-order valence-electron chi connectivity index (χ4n) is 2.60. The van der Waals surface area contributed by atoms with Gasteiger partial charge in [-0.05, 0) is 49.2 Å². The van der Waals surface area contributed by atoms with Crippen molar-refractivity contribution in [3.63, 3.8) is 0 Å². The number of hydrogen-bond donors (Lipinski definition) is 2. The summed E-state index contributed by atoms with van der Waals surface area (Å²) in [6.45, 7) is 3.79. The first kappa shape index (κ1) is 14.8. The Bertz CT molecular complexity index is 875. The van der Waals surface area contributed by atoms with E-state index in [1.165, 1.54) is 0 Å². The van der Waals surface area contributed by atoms with Crippen LogP contribution in [0, 0.1) is 13.8 Å². The van der Waals surface area contributed by atoms with Crippen LogP contribution >= 0.6 is 11.6 Å². The summed E-state index contributed by atoms with van der Waals surface area (Å²) in [5, 5.41) is 20.7. The number of rotatable bonds is 2. The molecular formula is C18H16ClNO2. The average molecular weight is 314 g/mol. The Hall–Kier alpha value is -2.10. The van der Waals surface area contributed by atoms with Gasteiger partial charge in [0.25, 0.3) is 0 Å². The van der Waals surface area contributed by atoms with Gasteiger partial charge in [0.15, 0.2) is 0 Å². The highest BCUT2D eigenvalue weighted by molar-refractivity contribution is 6.32. The molecule has 0 bridgehead atoms. The lowest BCUT2D eigenvalue weighted by Crippen LogP contribution is -1.97. The topological polar surface area (TPSA) is 53.4 Å². The van der Waals surface area contributed by atoms with Crippen LogP contribution in [0.1, 0.15) is 16.7 Å². The van der Waals surface area contributed by atoms with Crippen LogP contribution in [0.15, 0.2) is 36.4 Å². The van der Waals surface area contributed by atoms with Crippen molar-refractivity contribution in [1.29, 1.82) is 0 Å². The fourth-order valence-corrected chi connectivity index (χ4v) is 2.76. The maximum Gasteiger partial charge on any atom is 0.134 e. The van der Waals surface area contributed by atoms with Crippen molar-refractivity contribution < 1.29 is 10.2 Å². The second-order valence-electron chi connectivity index (χ2n) is 5.47. The first-order chi connectivity index (χ1) is 10.5. The molecule has 0 fully saturated rings. The summed E-state index contributed by atoms with van der Waals surface area (Å²) < 4.78 is 0. The number of pyridine rings is 1. The normalized spacial score (nSPS) is 11.1. The van der Waals surface area contributed by atoms with Gasteiger partial charge in [0.1, 0.15) is 5.75 Å². The molecule has 3 aromatic rings. The number of fused-ring (bicyclic) bond motifs is 1. The summed E-state index contributed by atoms with van der Waals surface area (Å²) >= 11 is 6.03. The molecule has 1 heterocycles. The highest BCUT2D eigenvalue weighted by Gasteiger charge is 2.13. The standard InChI is InChI=1S/C18H16ClNO2/c1-10-3-4-12-7-13(9-21)18(20-16(12)5-10)14-8-15(19)17(22)6-11(14)2/h3-8,21-22H,9H2,1-2H3. The predicted octanol–water partition coefficient (Wildman–Crippen LogP) is 4.37. The Morgan fingerprint density at radius 3 is 2.59 bits per heavy atom. The molecule has 0 saturated carbocycles. The van der Waals surface area contributed by atoms with Crippen molar-refractivity contribution in [1.82, 2.24) is 4.98 Å². The van der Waals surface area contributed by atoms with E-state index >= 15 is 0 Å². The number of benzene rings is 2. The molecule has 4 heteroatoms. The van der Waals surface area contributed by atoms with Crippen molar-refractivity contribution >= 4 is 22.5 Å². The Balaban J connectivity index is 2.31. The molecule has 0 spiro atoms. The summed E-state index contributed by atoms with van der Waals surface area (Å²) in [4.78, 5) is 4.71. The zero-order chi connectivity index (χ0) is 15.9. The van der Waals surface area contributed by atoms with E-state index in [-0.39, 0.29) is 17.4 Å². The monoisotopic (exact) mass is 313 g/mol. The smallest absolute Gasteiger partial charge is 0.134 e. The minimum absolute atomic E-state index is 0.0464.